The van der Waals surface area contributed by atoms with Crippen LogP contribution in [0.15, 0.2) is 12.1 Å². The summed E-state index contributed by atoms with van der Waals surface area (Å²) in [5.74, 6) is 0. The van der Waals surface area contributed by atoms with Gasteiger partial charge in [-0.1, -0.05) is 23.2 Å². The highest BCUT2D eigenvalue weighted by Gasteiger charge is 2.13. The average molecular weight is 307 g/mol. The standard InChI is InChI=1S/C12H16Cl2N2O3/c1-8-10(13)6-9(7-11(8)14)15-12(19)16(2-4-17)3-5-18/h6-7,17-18H,2-5H2,1H3,(H,15,19). The molecule has 0 radical (unpaired) electrons. The molecule has 0 unspecified atom stereocenters. The number of anilines is 1. The summed E-state index contributed by atoms with van der Waals surface area (Å²) in [6.45, 7) is 1.70. The Morgan fingerprint density at radius 3 is 2.11 bits per heavy atom. The maximum Gasteiger partial charge on any atom is 0.322 e. The van der Waals surface area contributed by atoms with Crippen LogP contribution in [-0.2, 0) is 0 Å². The number of carbonyl (C=O) groups excluding carboxylic acids is 1. The van der Waals surface area contributed by atoms with Crippen molar-refractivity contribution in [1.29, 1.82) is 0 Å². The Bertz CT molecular complexity index is 426. The number of rotatable bonds is 5. The number of urea groups is 1. The number of amides is 2. The topological polar surface area (TPSA) is 72.8 Å². The molecule has 0 spiro atoms. The van der Waals surface area contributed by atoms with Gasteiger partial charge in [-0.3, -0.25) is 0 Å². The van der Waals surface area contributed by atoms with Crippen molar-refractivity contribution in [2.45, 2.75) is 6.92 Å². The van der Waals surface area contributed by atoms with Crippen molar-refractivity contribution < 1.29 is 15.0 Å². The third kappa shape index (κ3) is 4.54. The summed E-state index contributed by atoms with van der Waals surface area (Å²) in [5, 5.41) is 21.2. The molecule has 0 saturated heterocycles. The summed E-state index contributed by atoms with van der Waals surface area (Å²) in [4.78, 5) is 13.2. The van der Waals surface area contributed by atoms with Gasteiger partial charge in [0.25, 0.3) is 0 Å². The quantitative estimate of drug-likeness (QED) is 0.780. The molecule has 0 aliphatic heterocycles. The van der Waals surface area contributed by atoms with Gasteiger partial charge in [-0.05, 0) is 24.6 Å². The van der Waals surface area contributed by atoms with E-state index in [0.29, 0.717) is 15.7 Å². The lowest BCUT2D eigenvalue weighted by molar-refractivity contribution is 0.167. The van der Waals surface area contributed by atoms with Crippen molar-refractivity contribution in [3.63, 3.8) is 0 Å². The first kappa shape index (κ1) is 16.0. The summed E-state index contributed by atoms with van der Waals surface area (Å²) >= 11 is 12.0. The molecule has 0 bridgehead atoms. The molecule has 1 aromatic rings. The lowest BCUT2D eigenvalue weighted by atomic mass is 10.2. The number of hydrogen-bond donors (Lipinski definition) is 3. The maximum atomic E-state index is 11.9. The molecule has 0 fully saturated rings. The molecule has 106 valence electrons. The lowest BCUT2D eigenvalue weighted by Gasteiger charge is -2.21. The van der Waals surface area contributed by atoms with Gasteiger partial charge in [-0.2, -0.15) is 0 Å². The van der Waals surface area contributed by atoms with Crippen molar-refractivity contribution in [3.05, 3.63) is 27.7 Å². The van der Waals surface area contributed by atoms with Crippen LogP contribution in [0.25, 0.3) is 0 Å². The van der Waals surface area contributed by atoms with E-state index in [0.717, 1.165) is 5.56 Å². The first-order valence-electron chi connectivity index (χ1n) is 5.73. The van der Waals surface area contributed by atoms with Crippen LogP contribution in [0.3, 0.4) is 0 Å². The molecule has 3 N–H and O–H groups in total. The smallest absolute Gasteiger partial charge is 0.322 e. The highest BCUT2D eigenvalue weighted by atomic mass is 35.5. The number of nitrogens with one attached hydrogen (secondary N) is 1. The Morgan fingerprint density at radius 2 is 1.68 bits per heavy atom. The molecule has 19 heavy (non-hydrogen) atoms. The third-order valence-corrected chi connectivity index (χ3v) is 3.34. The van der Waals surface area contributed by atoms with Gasteiger partial charge in [0.15, 0.2) is 0 Å². The van der Waals surface area contributed by atoms with Crippen molar-refractivity contribution in [2.75, 3.05) is 31.6 Å². The highest BCUT2D eigenvalue weighted by Crippen LogP contribution is 2.28. The number of aliphatic hydroxyl groups is 2. The van der Waals surface area contributed by atoms with Crippen molar-refractivity contribution in [1.82, 2.24) is 4.90 Å². The third-order valence-electron chi connectivity index (χ3n) is 2.56. The van der Waals surface area contributed by atoms with Gasteiger partial charge in [-0.25, -0.2) is 4.79 Å². The Kier molecular flexibility index (Phi) is 6.37. The number of halogens is 2. The highest BCUT2D eigenvalue weighted by molar-refractivity contribution is 6.36. The minimum atomic E-state index is -0.431. The molecular weight excluding hydrogens is 291 g/mol. The van der Waals surface area contributed by atoms with E-state index in [1.54, 1.807) is 19.1 Å². The summed E-state index contributed by atoms with van der Waals surface area (Å²) in [7, 11) is 0. The number of carbonyl (C=O) groups is 1. The second-order valence-corrected chi connectivity index (χ2v) is 4.74. The molecular formula is C12H16Cl2N2O3. The predicted molar refractivity (Wildman–Crippen MR) is 76.0 cm³/mol. The van der Waals surface area contributed by atoms with E-state index in [1.165, 1.54) is 4.90 Å². The van der Waals surface area contributed by atoms with Gasteiger partial charge in [0.05, 0.1) is 13.2 Å². The zero-order valence-electron chi connectivity index (χ0n) is 10.5. The van der Waals surface area contributed by atoms with Gasteiger partial charge < -0.3 is 20.4 Å². The van der Waals surface area contributed by atoms with Crippen LogP contribution in [0.5, 0.6) is 0 Å². The molecule has 0 heterocycles. The van der Waals surface area contributed by atoms with Crippen LogP contribution < -0.4 is 5.32 Å². The van der Waals surface area contributed by atoms with E-state index < -0.39 is 6.03 Å². The maximum absolute atomic E-state index is 11.9. The summed E-state index contributed by atoms with van der Waals surface area (Å²) < 4.78 is 0. The average Bonchev–Trinajstić information content (AvgIpc) is 2.35. The second kappa shape index (κ2) is 7.55. The fourth-order valence-corrected chi connectivity index (χ4v) is 1.96. The first-order valence-corrected chi connectivity index (χ1v) is 6.48. The minimum Gasteiger partial charge on any atom is -0.395 e. The van der Waals surface area contributed by atoms with Crippen LogP contribution in [-0.4, -0.2) is 47.4 Å². The van der Waals surface area contributed by atoms with E-state index in [2.05, 4.69) is 5.32 Å². The normalized spacial score (nSPS) is 10.4. The number of aliphatic hydroxyl groups excluding tert-OH is 2. The second-order valence-electron chi connectivity index (χ2n) is 3.93. The van der Waals surface area contributed by atoms with Crippen LogP contribution in [0, 0.1) is 6.92 Å². The lowest BCUT2D eigenvalue weighted by Crippen LogP contribution is -2.38. The van der Waals surface area contributed by atoms with Gasteiger partial charge >= 0.3 is 6.03 Å². The van der Waals surface area contributed by atoms with Crippen LogP contribution >= 0.6 is 23.2 Å². The van der Waals surface area contributed by atoms with E-state index in [4.69, 9.17) is 33.4 Å². The number of nitrogens with zero attached hydrogens (tertiary/aromatic N) is 1. The molecule has 0 aliphatic carbocycles. The molecule has 0 saturated carbocycles. The SMILES string of the molecule is Cc1c(Cl)cc(NC(=O)N(CCO)CCO)cc1Cl. The zero-order chi connectivity index (χ0) is 14.4. The van der Waals surface area contributed by atoms with Crippen molar-refractivity contribution in [2.24, 2.45) is 0 Å². The number of benzene rings is 1. The molecule has 1 aromatic carbocycles. The van der Waals surface area contributed by atoms with E-state index >= 15 is 0 Å². The summed E-state index contributed by atoms with van der Waals surface area (Å²) in [5.41, 5.74) is 1.20. The Balaban J connectivity index is 2.80. The largest absolute Gasteiger partial charge is 0.395 e. The van der Waals surface area contributed by atoms with Crippen molar-refractivity contribution in [3.8, 4) is 0 Å². The van der Waals surface area contributed by atoms with Crippen molar-refractivity contribution >= 4 is 34.9 Å². The molecule has 1 rings (SSSR count). The predicted octanol–water partition coefficient (Wildman–Crippen LogP) is 2.12. The van der Waals surface area contributed by atoms with Gasteiger partial charge in [0, 0.05) is 28.8 Å². The van der Waals surface area contributed by atoms with E-state index in [-0.39, 0.29) is 26.3 Å². The first-order chi connectivity index (χ1) is 8.99. The molecule has 7 heteroatoms. The van der Waals surface area contributed by atoms with Crippen LogP contribution in [0.4, 0.5) is 10.5 Å². The number of hydrogen-bond acceptors (Lipinski definition) is 3. The molecule has 0 atom stereocenters. The summed E-state index contributed by atoms with van der Waals surface area (Å²) in [6.07, 6.45) is 0. The fraction of sp³-hybridized carbons (Fsp3) is 0.417. The molecule has 0 aromatic heterocycles. The van der Waals surface area contributed by atoms with Gasteiger partial charge in [-0.15, -0.1) is 0 Å². The zero-order valence-corrected chi connectivity index (χ0v) is 12.0. The Morgan fingerprint density at radius 1 is 1.21 bits per heavy atom. The van der Waals surface area contributed by atoms with Gasteiger partial charge in [0.1, 0.15) is 0 Å². The van der Waals surface area contributed by atoms with Crippen LogP contribution in [0.2, 0.25) is 10.0 Å². The fourth-order valence-electron chi connectivity index (χ4n) is 1.48. The minimum absolute atomic E-state index is 0.139. The molecule has 5 nitrogen and oxygen atoms in total. The van der Waals surface area contributed by atoms with Gasteiger partial charge in [0.2, 0.25) is 0 Å². The van der Waals surface area contributed by atoms with Crippen LogP contribution in [0.1, 0.15) is 5.56 Å². The van der Waals surface area contributed by atoms with E-state index in [9.17, 15) is 4.79 Å². The molecule has 2 amide bonds. The van der Waals surface area contributed by atoms with E-state index in [1.807, 2.05) is 0 Å². The monoisotopic (exact) mass is 306 g/mol. The summed E-state index contributed by atoms with van der Waals surface area (Å²) in [6, 6.07) is 2.76. The Labute approximate surface area is 121 Å². The Hall–Kier alpha value is -1.01. The molecule has 0 aliphatic rings.